The smallest absolute Gasteiger partial charge is 0.239 e. The molecule has 1 heterocycles. The third-order valence-electron chi connectivity index (χ3n) is 5.42. The number of carbonyl (C=O) groups is 2. The van der Waals surface area contributed by atoms with Crippen LogP contribution >= 0.6 is 0 Å². The molecule has 1 saturated heterocycles. The molecule has 5 heteroatoms. The zero-order valence-corrected chi connectivity index (χ0v) is 16.6. The van der Waals surface area contributed by atoms with Gasteiger partial charge in [0.15, 0.2) is 0 Å². The Labute approximate surface area is 175 Å². The summed E-state index contributed by atoms with van der Waals surface area (Å²) in [7, 11) is 0. The topological polar surface area (TPSA) is 49.4 Å². The van der Waals surface area contributed by atoms with E-state index in [1.807, 2.05) is 42.5 Å². The molecule has 0 aromatic heterocycles. The summed E-state index contributed by atoms with van der Waals surface area (Å²) in [5.74, 6) is -1.48. The highest BCUT2D eigenvalue weighted by Gasteiger charge is 2.38. The van der Waals surface area contributed by atoms with Gasteiger partial charge in [0.2, 0.25) is 11.8 Å². The van der Waals surface area contributed by atoms with Gasteiger partial charge in [-0.25, -0.2) is 4.39 Å². The predicted octanol–water partition coefficient (Wildman–Crippen LogP) is 4.09. The number of anilines is 1. The molecule has 30 heavy (non-hydrogen) atoms. The van der Waals surface area contributed by atoms with Crippen molar-refractivity contribution in [1.29, 1.82) is 0 Å². The van der Waals surface area contributed by atoms with Gasteiger partial charge in [-0.3, -0.25) is 9.59 Å². The fourth-order valence-corrected chi connectivity index (χ4v) is 3.82. The van der Waals surface area contributed by atoms with Crippen LogP contribution in [-0.4, -0.2) is 18.4 Å². The lowest BCUT2D eigenvalue weighted by Gasteiger charge is -2.20. The van der Waals surface area contributed by atoms with Crippen molar-refractivity contribution >= 4 is 17.5 Å². The number of hydrogen-bond acceptors (Lipinski definition) is 2. The lowest BCUT2D eigenvalue weighted by molar-refractivity contribution is -0.132. The van der Waals surface area contributed by atoms with Crippen molar-refractivity contribution in [1.82, 2.24) is 5.32 Å². The fourth-order valence-electron chi connectivity index (χ4n) is 3.82. The summed E-state index contributed by atoms with van der Waals surface area (Å²) in [6.07, 6.45) is 1.20. The number of para-hydroxylation sites is 1. The Morgan fingerprint density at radius 1 is 0.933 bits per heavy atom. The standard InChI is InChI=1S/C25H23FN2O2/c26-21-12-10-19(11-13-21)17-27-24(29)22-14-15-28(25(22)30)23-9-5-4-8-20(23)16-18-6-2-1-3-7-18/h1-13,22H,14-17H2,(H,27,29). The second-order valence-electron chi connectivity index (χ2n) is 7.47. The summed E-state index contributed by atoms with van der Waals surface area (Å²) in [4.78, 5) is 27.4. The minimum Gasteiger partial charge on any atom is -0.351 e. The molecule has 4 nitrogen and oxygen atoms in total. The van der Waals surface area contributed by atoms with Crippen LogP contribution in [0.3, 0.4) is 0 Å². The third-order valence-corrected chi connectivity index (χ3v) is 5.42. The van der Waals surface area contributed by atoms with E-state index in [9.17, 15) is 14.0 Å². The Balaban J connectivity index is 1.44. The van der Waals surface area contributed by atoms with Gasteiger partial charge in [0, 0.05) is 18.8 Å². The largest absolute Gasteiger partial charge is 0.351 e. The van der Waals surface area contributed by atoms with Gasteiger partial charge >= 0.3 is 0 Å². The molecular weight excluding hydrogens is 379 g/mol. The van der Waals surface area contributed by atoms with Gasteiger partial charge in [0.1, 0.15) is 11.7 Å². The SMILES string of the molecule is O=C(NCc1ccc(F)cc1)C1CCN(c2ccccc2Cc2ccccc2)C1=O. The van der Waals surface area contributed by atoms with E-state index < -0.39 is 5.92 Å². The van der Waals surface area contributed by atoms with E-state index in [0.717, 1.165) is 23.2 Å². The Morgan fingerprint density at radius 3 is 2.40 bits per heavy atom. The monoisotopic (exact) mass is 402 g/mol. The van der Waals surface area contributed by atoms with Crippen molar-refractivity contribution in [2.75, 3.05) is 11.4 Å². The van der Waals surface area contributed by atoms with Gasteiger partial charge in [-0.1, -0.05) is 60.7 Å². The van der Waals surface area contributed by atoms with Crippen molar-refractivity contribution in [3.8, 4) is 0 Å². The van der Waals surface area contributed by atoms with Crippen LogP contribution in [-0.2, 0) is 22.6 Å². The molecule has 0 radical (unpaired) electrons. The number of carbonyl (C=O) groups excluding carboxylic acids is 2. The number of amides is 2. The second kappa shape index (κ2) is 8.91. The van der Waals surface area contributed by atoms with Crippen LogP contribution in [0, 0.1) is 11.7 Å². The molecule has 0 aliphatic carbocycles. The van der Waals surface area contributed by atoms with Crippen molar-refractivity contribution in [3.63, 3.8) is 0 Å². The molecule has 1 aliphatic rings. The van der Waals surface area contributed by atoms with Crippen molar-refractivity contribution in [3.05, 3.63) is 101 Å². The fraction of sp³-hybridized carbons (Fsp3) is 0.200. The van der Waals surface area contributed by atoms with Crippen LogP contribution in [0.15, 0.2) is 78.9 Å². The summed E-state index contributed by atoms with van der Waals surface area (Å²) in [5, 5.41) is 2.81. The first-order valence-corrected chi connectivity index (χ1v) is 10.1. The minimum atomic E-state index is -0.699. The Bertz CT molecular complexity index is 1030. The first-order valence-electron chi connectivity index (χ1n) is 10.1. The van der Waals surface area contributed by atoms with E-state index >= 15 is 0 Å². The van der Waals surface area contributed by atoms with Crippen LogP contribution in [0.1, 0.15) is 23.1 Å². The molecule has 1 atom stereocenters. The number of benzene rings is 3. The molecule has 1 fully saturated rings. The second-order valence-corrected chi connectivity index (χ2v) is 7.47. The van der Waals surface area contributed by atoms with Crippen LogP contribution in [0.5, 0.6) is 0 Å². The highest BCUT2D eigenvalue weighted by Crippen LogP contribution is 2.30. The van der Waals surface area contributed by atoms with Crippen LogP contribution in [0.2, 0.25) is 0 Å². The molecule has 0 saturated carbocycles. The van der Waals surface area contributed by atoms with Crippen LogP contribution in [0.4, 0.5) is 10.1 Å². The first kappa shape index (κ1) is 19.8. The molecule has 0 bridgehead atoms. The molecule has 1 aliphatic heterocycles. The maximum absolute atomic E-state index is 13.0. The maximum Gasteiger partial charge on any atom is 0.239 e. The van der Waals surface area contributed by atoms with Gasteiger partial charge in [-0.15, -0.1) is 0 Å². The Kier molecular flexibility index (Phi) is 5.89. The van der Waals surface area contributed by atoms with Crippen molar-refractivity contribution in [2.45, 2.75) is 19.4 Å². The van der Waals surface area contributed by atoms with Gasteiger partial charge < -0.3 is 10.2 Å². The van der Waals surface area contributed by atoms with Crippen LogP contribution in [0.25, 0.3) is 0 Å². The normalized spacial score (nSPS) is 16.0. The van der Waals surface area contributed by atoms with E-state index in [1.165, 1.54) is 17.7 Å². The van der Waals surface area contributed by atoms with Crippen molar-refractivity contribution in [2.24, 2.45) is 5.92 Å². The number of nitrogens with one attached hydrogen (secondary N) is 1. The minimum absolute atomic E-state index is 0.174. The Hall–Kier alpha value is -3.47. The summed E-state index contributed by atoms with van der Waals surface area (Å²) >= 11 is 0. The number of nitrogens with zero attached hydrogens (tertiary/aromatic N) is 1. The summed E-state index contributed by atoms with van der Waals surface area (Å²) in [6.45, 7) is 0.784. The number of halogens is 1. The zero-order valence-electron chi connectivity index (χ0n) is 16.6. The van der Waals surface area contributed by atoms with Gasteiger partial charge in [-0.2, -0.15) is 0 Å². The summed E-state index contributed by atoms with van der Waals surface area (Å²) in [6, 6.07) is 23.9. The molecule has 152 valence electrons. The van der Waals surface area contributed by atoms with E-state index in [1.54, 1.807) is 17.0 Å². The third kappa shape index (κ3) is 4.40. The lowest BCUT2D eigenvalue weighted by Crippen LogP contribution is -2.36. The average molecular weight is 402 g/mol. The quantitative estimate of drug-likeness (QED) is 0.632. The molecular formula is C25H23FN2O2. The summed E-state index contributed by atoms with van der Waals surface area (Å²) < 4.78 is 13.0. The van der Waals surface area contributed by atoms with E-state index in [2.05, 4.69) is 17.4 Å². The molecule has 2 amide bonds. The first-order chi connectivity index (χ1) is 14.6. The molecule has 1 N–H and O–H groups in total. The van der Waals surface area contributed by atoms with Gasteiger partial charge in [0.25, 0.3) is 0 Å². The zero-order chi connectivity index (χ0) is 20.9. The predicted molar refractivity (Wildman–Crippen MR) is 114 cm³/mol. The van der Waals surface area contributed by atoms with Crippen LogP contribution < -0.4 is 10.2 Å². The molecule has 0 spiro atoms. The molecule has 3 aromatic carbocycles. The molecule has 3 aromatic rings. The number of hydrogen-bond donors (Lipinski definition) is 1. The lowest BCUT2D eigenvalue weighted by atomic mass is 10.0. The van der Waals surface area contributed by atoms with E-state index in [0.29, 0.717) is 13.0 Å². The summed E-state index contributed by atoms with van der Waals surface area (Å²) in [5.41, 5.74) is 3.88. The average Bonchev–Trinajstić information content (AvgIpc) is 3.15. The van der Waals surface area contributed by atoms with Gasteiger partial charge in [0.05, 0.1) is 0 Å². The maximum atomic E-state index is 13.0. The molecule has 1 unspecified atom stereocenters. The highest BCUT2D eigenvalue weighted by molar-refractivity contribution is 6.09. The number of rotatable bonds is 6. The molecule has 4 rings (SSSR count). The Morgan fingerprint density at radius 2 is 1.63 bits per heavy atom. The van der Waals surface area contributed by atoms with Crippen molar-refractivity contribution < 1.29 is 14.0 Å². The van der Waals surface area contributed by atoms with Gasteiger partial charge in [-0.05, 0) is 47.7 Å². The van der Waals surface area contributed by atoms with E-state index in [-0.39, 0.29) is 24.2 Å². The van der Waals surface area contributed by atoms with E-state index in [4.69, 9.17) is 0 Å². The highest BCUT2D eigenvalue weighted by atomic mass is 19.1.